The average molecular weight is 255 g/mol. The summed E-state index contributed by atoms with van der Waals surface area (Å²) in [4.78, 5) is 13.0. The van der Waals surface area contributed by atoms with Crippen LogP contribution in [0.4, 0.5) is 0 Å². The van der Waals surface area contributed by atoms with Crippen LogP contribution in [0.2, 0.25) is 0 Å². The van der Waals surface area contributed by atoms with Gasteiger partial charge >= 0.3 is 5.97 Å². The van der Waals surface area contributed by atoms with Gasteiger partial charge in [-0.2, -0.15) is 5.10 Å². The second kappa shape index (κ2) is 5.94. The fourth-order valence-electron chi connectivity index (χ4n) is 2.00. The van der Waals surface area contributed by atoms with Gasteiger partial charge in [0.05, 0.1) is 32.6 Å². The molecule has 2 N–H and O–H groups in total. The minimum atomic E-state index is -0.863. The van der Waals surface area contributed by atoms with Gasteiger partial charge in [-0.15, -0.1) is 0 Å². The zero-order valence-corrected chi connectivity index (χ0v) is 10.0. The fourth-order valence-corrected chi connectivity index (χ4v) is 2.00. The molecule has 1 aromatic heterocycles. The second-order valence-corrected chi connectivity index (χ2v) is 4.23. The van der Waals surface area contributed by atoms with Crippen molar-refractivity contribution in [2.75, 3.05) is 26.4 Å². The minimum Gasteiger partial charge on any atom is -0.480 e. The molecule has 1 aliphatic rings. The van der Waals surface area contributed by atoms with Crippen LogP contribution in [0.15, 0.2) is 12.4 Å². The third-order valence-corrected chi connectivity index (χ3v) is 2.93. The Kier molecular flexibility index (Phi) is 4.29. The Labute approximate surface area is 105 Å². The van der Waals surface area contributed by atoms with Crippen LogP contribution in [0.5, 0.6) is 0 Å². The predicted octanol–water partition coefficient (Wildman–Crippen LogP) is -0.839. The number of carbonyl (C=O) groups is 1. The van der Waals surface area contributed by atoms with E-state index in [1.54, 1.807) is 10.9 Å². The monoisotopic (exact) mass is 255 g/mol. The van der Waals surface area contributed by atoms with E-state index in [0.29, 0.717) is 26.2 Å². The SMILES string of the molecule is O=C(O)C1COCCN1Cc1cnn(CCO)c1. The summed E-state index contributed by atoms with van der Waals surface area (Å²) < 4.78 is 6.82. The summed E-state index contributed by atoms with van der Waals surface area (Å²) in [6, 6.07) is -0.597. The first-order valence-corrected chi connectivity index (χ1v) is 5.87. The number of hydrogen-bond acceptors (Lipinski definition) is 5. The van der Waals surface area contributed by atoms with E-state index >= 15 is 0 Å². The Morgan fingerprint density at radius 2 is 2.44 bits per heavy atom. The van der Waals surface area contributed by atoms with Crippen molar-refractivity contribution in [3.05, 3.63) is 18.0 Å². The summed E-state index contributed by atoms with van der Waals surface area (Å²) in [5, 5.41) is 22.0. The number of carboxylic acid groups (broad SMARTS) is 1. The lowest BCUT2D eigenvalue weighted by molar-refractivity contribution is -0.150. The van der Waals surface area contributed by atoms with Gasteiger partial charge in [0.1, 0.15) is 6.04 Å². The number of aliphatic hydroxyl groups is 1. The molecule has 7 nitrogen and oxygen atoms in total. The fraction of sp³-hybridized carbons (Fsp3) is 0.636. The molecule has 100 valence electrons. The molecule has 7 heteroatoms. The smallest absolute Gasteiger partial charge is 0.323 e. The van der Waals surface area contributed by atoms with Gasteiger partial charge < -0.3 is 14.9 Å². The van der Waals surface area contributed by atoms with E-state index in [1.807, 2.05) is 11.1 Å². The number of nitrogens with zero attached hydrogens (tertiary/aromatic N) is 3. The summed E-state index contributed by atoms with van der Waals surface area (Å²) in [5.41, 5.74) is 0.941. The molecule has 1 aromatic rings. The van der Waals surface area contributed by atoms with E-state index in [2.05, 4.69) is 5.10 Å². The van der Waals surface area contributed by atoms with Crippen molar-refractivity contribution in [1.29, 1.82) is 0 Å². The molecule has 1 atom stereocenters. The maximum absolute atomic E-state index is 11.1. The number of aliphatic hydroxyl groups excluding tert-OH is 1. The highest BCUT2D eigenvalue weighted by Gasteiger charge is 2.29. The zero-order valence-electron chi connectivity index (χ0n) is 10.0. The molecule has 0 bridgehead atoms. The molecular formula is C11H17N3O4. The van der Waals surface area contributed by atoms with Crippen molar-refractivity contribution in [3.8, 4) is 0 Å². The molecule has 0 saturated carbocycles. The number of aromatic nitrogens is 2. The second-order valence-electron chi connectivity index (χ2n) is 4.23. The highest BCUT2D eigenvalue weighted by molar-refractivity contribution is 5.73. The van der Waals surface area contributed by atoms with E-state index < -0.39 is 12.0 Å². The van der Waals surface area contributed by atoms with Crippen molar-refractivity contribution in [3.63, 3.8) is 0 Å². The zero-order chi connectivity index (χ0) is 13.0. The number of aliphatic carboxylic acids is 1. The molecule has 1 saturated heterocycles. The highest BCUT2D eigenvalue weighted by Crippen LogP contribution is 2.12. The maximum Gasteiger partial charge on any atom is 0.323 e. The van der Waals surface area contributed by atoms with Gasteiger partial charge in [0.25, 0.3) is 0 Å². The lowest BCUT2D eigenvalue weighted by Crippen LogP contribution is -2.49. The molecule has 18 heavy (non-hydrogen) atoms. The minimum absolute atomic E-state index is 0.0381. The average Bonchev–Trinajstić information content (AvgIpc) is 2.77. The van der Waals surface area contributed by atoms with Crippen LogP contribution in [-0.2, 0) is 22.6 Å². The summed E-state index contributed by atoms with van der Waals surface area (Å²) in [6.45, 7) is 2.39. The molecule has 1 aliphatic heterocycles. The topological polar surface area (TPSA) is 87.8 Å². The lowest BCUT2D eigenvalue weighted by Gasteiger charge is -2.32. The van der Waals surface area contributed by atoms with Crippen molar-refractivity contribution < 1.29 is 19.7 Å². The Morgan fingerprint density at radius 1 is 1.61 bits per heavy atom. The molecule has 0 aromatic carbocycles. The quantitative estimate of drug-likeness (QED) is 0.713. The van der Waals surface area contributed by atoms with Crippen LogP contribution in [0.25, 0.3) is 0 Å². The van der Waals surface area contributed by atoms with Crippen molar-refractivity contribution in [2.24, 2.45) is 0 Å². The third kappa shape index (κ3) is 3.06. The van der Waals surface area contributed by atoms with Gasteiger partial charge in [0.2, 0.25) is 0 Å². The van der Waals surface area contributed by atoms with E-state index in [0.717, 1.165) is 5.56 Å². The first-order valence-electron chi connectivity index (χ1n) is 5.87. The van der Waals surface area contributed by atoms with Crippen LogP contribution >= 0.6 is 0 Å². The molecule has 2 heterocycles. The number of morpholine rings is 1. The van der Waals surface area contributed by atoms with Gasteiger partial charge in [-0.05, 0) is 0 Å². The van der Waals surface area contributed by atoms with Gasteiger partial charge in [-0.25, -0.2) is 0 Å². The molecule has 1 fully saturated rings. The van der Waals surface area contributed by atoms with Crippen molar-refractivity contribution in [2.45, 2.75) is 19.1 Å². The molecule has 1 unspecified atom stereocenters. The van der Waals surface area contributed by atoms with Gasteiger partial charge in [0.15, 0.2) is 0 Å². The van der Waals surface area contributed by atoms with Crippen LogP contribution in [0.1, 0.15) is 5.56 Å². The number of hydrogen-bond donors (Lipinski definition) is 2. The first kappa shape index (κ1) is 13.0. The number of rotatable bonds is 5. The van der Waals surface area contributed by atoms with Gasteiger partial charge in [-0.3, -0.25) is 14.4 Å². The van der Waals surface area contributed by atoms with Gasteiger partial charge in [-0.1, -0.05) is 0 Å². The molecule has 0 spiro atoms. The number of carboxylic acids is 1. The summed E-state index contributed by atoms with van der Waals surface area (Å²) in [5.74, 6) is -0.863. The number of ether oxygens (including phenoxy) is 1. The lowest BCUT2D eigenvalue weighted by atomic mass is 10.2. The maximum atomic E-state index is 11.1. The van der Waals surface area contributed by atoms with Crippen LogP contribution in [-0.4, -0.2) is 63.3 Å². The van der Waals surface area contributed by atoms with E-state index in [1.165, 1.54) is 0 Å². The normalized spacial score (nSPS) is 21.1. The van der Waals surface area contributed by atoms with Crippen LogP contribution in [0.3, 0.4) is 0 Å². The Bertz CT molecular complexity index is 407. The standard InChI is InChI=1S/C11H17N3O4/c15-3-1-14-7-9(5-12-14)6-13-2-4-18-8-10(13)11(16)17/h5,7,10,15H,1-4,6,8H2,(H,16,17). The predicted molar refractivity (Wildman–Crippen MR) is 62.0 cm³/mol. The molecule has 0 aliphatic carbocycles. The van der Waals surface area contributed by atoms with Crippen LogP contribution in [0, 0.1) is 0 Å². The largest absolute Gasteiger partial charge is 0.480 e. The summed E-state index contributed by atoms with van der Waals surface area (Å²) >= 11 is 0. The Balaban J connectivity index is 1.99. The van der Waals surface area contributed by atoms with E-state index in [4.69, 9.17) is 14.9 Å². The molecule has 2 rings (SSSR count). The molecule has 0 amide bonds. The van der Waals surface area contributed by atoms with Gasteiger partial charge in [0, 0.05) is 24.8 Å². The molecule has 0 radical (unpaired) electrons. The van der Waals surface area contributed by atoms with Crippen molar-refractivity contribution in [1.82, 2.24) is 14.7 Å². The van der Waals surface area contributed by atoms with E-state index in [9.17, 15) is 4.79 Å². The van der Waals surface area contributed by atoms with Crippen LogP contribution < -0.4 is 0 Å². The highest BCUT2D eigenvalue weighted by atomic mass is 16.5. The summed E-state index contributed by atoms with van der Waals surface area (Å²) in [7, 11) is 0. The first-order chi connectivity index (χ1) is 8.70. The van der Waals surface area contributed by atoms with Crippen molar-refractivity contribution >= 4 is 5.97 Å². The Hall–Kier alpha value is -1.44. The van der Waals surface area contributed by atoms with E-state index in [-0.39, 0.29) is 13.2 Å². The summed E-state index contributed by atoms with van der Waals surface area (Å²) in [6.07, 6.45) is 3.52. The third-order valence-electron chi connectivity index (χ3n) is 2.93. The Morgan fingerprint density at radius 3 is 3.17 bits per heavy atom. The molecular weight excluding hydrogens is 238 g/mol.